The predicted octanol–water partition coefficient (Wildman–Crippen LogP) is 5.17. The molecule has 4 aromatic rings. The Morgan fingerprint density at radius 2 is 1.27 bits per heavy atom. The first-order valence-corrected chi connectivity index (χ1v) is 16.8. The molecule has 12 nitrogen and oxygen atoms in total. The van der Waals surface area contributed by atoms with Gasteiger partial charge in [0.15, 0.2) is 0 Å². The van der Waals surface area contributed by atoms with Crippen LogP contribution in [0, 0.1) is 0 Å². The lowest BCUT2D eigenvalue weighted by molar-refractivity contribution is 0.0218. The van der Waals surface area contributed by atoms with Crippen LogP contribution in [-0.2, 0) is 28.3 Å². The monoisotopic (exact) mass is 674 g/mol. The van der Waals surface area contributed by atoms with E-state index in [9.17, 15) is 14.4 Å². The predicted molar refractivity (Wildman–Crippen MR) is 193 cm³/mol. The van der Waals surface area contributed by atoms with Gasteiger partial charge in [-0.1, -0.05) is 0 Å². The smallest absolute Gasteiger partial charge is 0.410 e. The fourth-order valence-corrected chi connectivity index (χ4v) is 6.71. The number of carbonyl (C=O) groups excluding carboxylic acids is 3. The van der Waals surface area contributed by atoms with Crippen LogP contribution in [0.2, 0.25) is 0 Å². The molecule has 49 heavy (non-hydrogen) atoms. The van der Waals surface area contributed by atoms with E-state index in [0.717, 1.165) is 53.7 Å². The third kappa shape index (κ3) is 7.64. The zero-order valence-corrected chi connectivity index (χ0v) is 30.2. The molecule has 0 radical (unpaired) electrons. The van der Waals surface area contributed by atoms with E-state index < -0.39 is 5.60 Å². The van der Waals surface area contributed by atoms with Crippen molar-refractivity contribution in [2.45, 2.75) is 52.3 Å². The lowest BCUT2D eigenvalue weighted by Crippen LogP contribution is -2.54. The molecular formula is C37H50N6O6. The number of esters is 2. The van der Waals surface area contributed by atoms with Crippen molar-refractivity contribution in [3.05, 3.63) is 59.9 Å². The first kappa shape index (κ1) is 35.6. The van der Waals surface area contributed by atoms with Gasteiger partial charge < -0.3 is 43.4 Å². The average molecular weight is 675 g/mol. The Hall–Kier alpha value is -4.71. The third-order valence-corrected chi connectivity index (χ3v) is 9.20. The summed E-state index contributed by atoms with van der Waals surface area (Å²) in [5.74, 6) is -0.624. The summed E-state index contributed by atoms with van der Waals surface area (Å²) < 4.78 is 19.1. The summed E-state index contributed by atoms with van der Waals surface area (Å²) >= 11 is 0. The molecule has 6 rings (SSSR count). The van der Waals surface area contributed by atoms with Crippen LogP contribution in [-0.4, -0.2) is 103 Å². The highest BCUT2D eigenvalue weighted by Gasteiger charge is 2.30. The zero-order chi connectivity index (χ0) is 35.6. The lowest BCUT2D eigenvalue weighted by atomic mass is 10.1. The van der Waals surface area contributed by atoms with E-state index in [1.165, 1.54) is 19.9 Å². The number of ether oxygens (including phenoxy) is 3. The second kappa shape index (κ2) is 14.4. The van der Waals surface area contributed by atoms with Crippen LogP contribution >= 0.6 is 0 Å². The van der Waals surface area contributed by atoms with Crippen LogP contribution in [0.3, 0.4) is 0 Å². The van der Waals surface area contributed by atoms with Crippen LogP contribution < -0.4 is 15.1 Å². The molecule has 2 aromatic carbocycles. The Morgan fingerprint density at radius 1 is 0.755 bits per heavy atom. The molecule has 12 heteroatoms. The van der Waals surface area contributed by atoms with E-state index in [4.69, 9.17) is 14.2 Å². The van der Waals surface area contributed by atoms with Gasteiger partial charge in [0.05, 0.1) is 36.4 Å². The van der Waals surface area contributed by atoms with E-state index in [1.54, 1.807) is 11.1 Å². The van der Waals surface area contributed by atoms with Crippen LogP contribution in [0.25, 0.3) is 21.8 Å². The van der Waals surface area contributed by atoms with Gasteiger partial charge in [0.1, 0.15) is 5.60 Å². The molecule has 2 aromatic heterocycles. The number of fused-ring (bicyclic) bond motifs is 2. The first-order chi connectivity index (χ1) is 23.2. The molecule has 0 saturated carbocycles. The first-order valence-electron chi connectivity index (χ1n) is 16.8. The molecule has 2 aliphatic heterocycles. The molecular weight excluding hydrogens is 624 g/mol. The van der Waals surface area contributed by atoms with Crippen LogP contribution in [0.4, 0.5) is 16.2 Å². The number of hydrogen-bond acceptors (Lipinski definition) is 9. The van der Waals surface area contributed by atoms with Crippen LogP contribution in [0.1, 0.15) is 55.3 Å². The minimum absolute atomic E-state index is 0.152. The van der Waals surface area contributed by atoms with Crippen LogP contribution in [0.15, 0.2) is 48.8 Å². The van der Waals surface area contributed by atoms with E-state index in [0.29, 0.717) is 30.3 Å². The summed E-state index contributed by atoms with van der Waals surface area (Å²) in [5.41, 5.74) is 4.99. The summed E-state index contributed by atoms with van der Waals surface area (Å²) in [4.78, 5) is 42.6. The number of amides is 1. The number of aryl methyl sites for hydroxylation is 2. The second-order valence-electron chi connectivity index (χ2n) is 13.9. The molecule has 0 bridgehead atoms. The van der Waals surface area contributed by atoms with Gasteiger partial charge in [0.2, 0.25) is 0 Å². The van der Waals surface area contributed by atoms with Crippen molar-refractivity contribution in [1.82, 2.24) is 19.4 Å². The maximum Gasteiger partial charge on any atom is 0.410 e. The number of aromatic nitrogens is 2. The fourth-order valence-electron chi connectivity index (χ4n) is 6.71. The summed E-state index contributed by atoms with van der Waals surface area (Å²) in [6, 6.07) is 13.0. The summed E-state index contributed by atoms with van der Waals surface area (Å²) in [6.45, 7) is 14.9. The van der Waals surface area contributed by atoms with Crippen molar-refractivity contribution < 1.29 is 28.6 Å². The molecule has 1 N–H and O–H groups in total. The highest BCUT2D eigenvalue weighted by molar-refractivity contribution is 6.06. The number of piperazine rings is 2. The van der Waals surface area contributed by atoms with Crippen LogP contribution in [0.5, 0.6) is 0 Å². The van der Waals surface area contributed by atoms with Gasteiger partial charge in [-0.15, -0.1) is 0 Å². The van der Waals surface area contributed by atoms with Gasteiger partial charge in [-0.05, 0) is 71.0 Å². The van der Waals surface area contributed by atoms with Gasteiger partial charge in [0, 0.05) is 100.0 Å². The summed E-state index contributed by atoms with van der Waals surface area (Å²) in [7, 11) is 6.68. The van der Waals surface area contributed by atoms with E-state index in [-0.39, 0.29) is 24.1 Å². The number of hydrogen-bond donors (Lipinski definition) is 1. The van der Waals surface area contributed by atoms with Crippen molar-refractivity contribution in [2.75, 3.05) is 63.3 Å². The number of rotatable bonds is 4. The maximum absolute atomic E-state index is 12.4. The Balaban J connectivity index is 0.000000199. The number of carbonyl (C=O) groups is 3. The van der Waals surface area contributed by atoms with E-state index in [2.05, 4.69) is 47.2 Å². The number of methoxy groups -OCH3 is 2. The minimum Gasteiger partial charge on any atom is -0.465 e. The summed E-state index contributed by atoms with van der Waals surface area (Å²) in [5, 5.41) is 5.22. The molecule has 0 unspecified atom stereocenters. The standard InChI is InChI=1S/C21H29N3O4.C16H21N3O2/c1-14-12-23(20(26)28-21(2,3)4)9-10-24(14)15-7-8-16-17(19(25)27-6)13-22(5)18(16)11-15;1-11-9-17-6-7-19(11)12-4-5-13-14(16(20)21-3)10-18(2)15(13)8-12/h7-8,11,13-14H,9-10,12H2,1-6H3;4-5,8,10-11,17H,6-7,9H2,1-3H3/t14-;11-/m00/s1. The van der Waals surface area contributed by atoms with E-state index >= 15 is 0 Å². The van der Waals surface area contributed by atoms with Crippen molar-refractivity contribution in [1.29, 1.82) is 0 Å². The minimum atomic E-state index is -0.494. The highest BCUT2D eigenvalue weighted by Crippen LogP contribution is 2.30. The molecule has 0 aliphatic carbocycles. The van der Waals surface area contributed by atoms with Crippen molar-refractivity contribution >= 4 is 51.2 Å². The normalized spacial score (nSPS) is 18.3. The molecule has 264 valence electrons. The molecule has 2 atom stereocenters. The number of nitrogens with one attached hydrogen (secondary N) is 1. The van der Waals surface area contributed by atoms with Gasteiger partial charge >= 0.3 is 18.0 Å². The third-order valence-electron chi connectivity index (χ3n) is 9.20. The number of anilines is 2. The quantitative estimate of drug-likeness (QED) is 0.232. The number of nitrogens with zero attached hydrogens (tertiary/aromatic N) is 5. The summed E-state index contributed by atoms with van der Waals surface area (Å²) in [6.07, 6.45) is 3.37. The SMILES string of the molecule is COC(=O)c1cn(C)c2cc(N3CCN(C(=O)OC(C)(C)C)C[C@@H]3C)ccc12.COC(=O)c1cn(C)c2cc(N3CCNC[C@@H]3C)ccc12. The molecule has 2 aliphatic rings. The Morgan fingerprint density at radius 3 is 1.71 bits per heavy atom. The highest BCUT2D eigenvalue weighted by atomic mass is 16.6. The van der Waals surface area contributed by atoms with E-state index in [1.807, 2.05) is 68.4 Å². The Kier molecular flexibility index (Phi) is 10.5. The second-order valence-corrected chi connectivity index (χ2v) is 13.9. The fraction of sp³-hybridized carbons (Fsp3) is 0.486. The maximum atomic E-state index is 12.4. The van der Waals surface area contributed by atoms with Gasteiger partial charge in [-0.2, -0.15) is 0 Å². The molecule has 4 heterocycles. The Labute approximate surface area is 288 Å². The number of benzene rings is 2. The molecule has 1 amide bonds. The Bertz CT molecular complexity index is 1840. The molecule has 0 spiro atoms. The zero-order valence-electron chi connectivity index (χ0n) is 30.2. The molecule has 2 fully saturated rings. The molecule has 2 saturated heterocycles. The van der Waals surface area contributed by atoms with Crippen molar-refractivity contribution in [2.24, 2.45) is 14.1 Å². The topological polar surface area (TPSA) is 111 Å². The van der Waals surface area contributed by atoms with Crippen molar-refractivity contribution in [3.8, 4) is 0 Å². The average Bonchev–Trinajstić information content (AvgIpc) is 3.59. The van der Waals surface area contributed by atoms with Gasteiger partial charge in [-0.25, -0.2) is 14.4 Å². The van der Waals surface area contributed by atoms with Crippen molar-refractivity contribution in [3.63, 3.8) is 0 Å². The van der Waals surface area contributed by atoms with Gasteiger partial charge in [0.25, 0.3) is 0 Å². The van der Waals surface area contributed by atoms with Gasteiger partial charge in [-0.3, -0.25) is 0 Å². The largest absolute Gasteiger partial charge is 0.465 e. The lowest BCUT2D eigenvalue weighted by Gasteiger charge is -2.41.